The lowest BCUT2D eigenvalue weighted by atomic mass is 10.0. The normalized spacial score (nSPS) is 10.4. The third kappa shape index (κ3) is 2.96. The Balaban J connectivity index is 2.19. The molecular weight excluding hydrogens is 251 g/mol. The SMILES string of the molecule is Cc1ccc(C(=O)Cc2ccc(Cl)cc2)c(F)c1. The second kappa shape index (κ2) is 5.32. The van der Waals surface area contributed by atoms with Gasteiger partial charge in [0.2, 0.25) is 0 Å². The molecule has 0 radical (unpaired) electrons. The van der Waals surface area contributed by atoms with Crippen molar-refractivity contribution in [3.8, 4) is 0 Å². The monoisotopic (exact) mass is 262 g/mol. The molecule has 0 aliphatic carbocycles. The minimum Gasteiger partial charge on any atom is -0.294 e. The molecule has 0 saturated carbocycles. The smallest absolute Gasteiger partial charge is 0.170 e. The number of aryl methyl sites for hydroxylation is 1. The molecule has 0 aliphatic rings. The van der Waals surface area contributed by atoms with Crippen molar-refractivity contribution in [1.29, 1.82) is 0 Å². The van der Waals surface area contributed by atoms with Gasteiger partial charge in [-0.25, -0.2) is 4.39 Å². The number of ketones is 1. The molecule has 0 saturated heterocycles. The Morgan fingerprint density at radius 1 is 1.17 bits per heavy atom. The van der Waals surface area contributed by atoms with Gasteiger partial charge in [0.1, 0.15) is 5.82 Å². The highest BCUT2D eigenvalue weighted by Gasteiger charge is 2.12. The molecule has 0 N–H and O–H groups in total. The largest absolute Gasteiger partial charge is 0.294 e. The second-order valence-corrected chi connectivity index (χ2v) is 4.65. The van der Waals surface area contributed by atoms with Gasteiger partial charge in [-0.1, -0.05) is 29.8 Å². The van der Waals surface area contributed by atoms with Gasteiger partial charge in [0.25, 0.3) is 0 Å². The summed E-state index contributed by atoms with van der Waals surface area (Å²) in [6.07, 6.45) is 0.178. The van der Waals surface area contributed by atoms with Gasteiger partial charge >= 0.3 is 0 Å². The third-order valence-corrected chi connectivity index (χ3v) is 2.95. The quantitative estimate of drug-likeness (QED) is 0.757. The number of hydrogen-bond acceptors (Lipinski definition) is 1. The van der Waals surface area contributed by atoms with Crippen molar-refractivity contribution in [3.05, 3.63) is 70.0 Å². The molecule has 3 heteroatoms. The molecule has 92 valence electrons. The molecule has 0 amide bonds. The first-order chi connectivity index (χ1) is 8.56. The zero-order chi connectivity index (χ0) is 13.1. The van der Waals surface area contributed by atoms with Crippen LogP contribution in [-0.2, 0) is 6.42 Å². The van der Waals surface area contributed by atoms with Crippen molar-refractivity contribution >= 4 is 17.4 Å². The number of carbonyl (C=O) groups excluding carboxylic acids is 1. The summed E-state index contributed by atoms with van der Waals surface area (Å²) in [5.41, 5.74) is 1.76. The van der Waals surface area contributed by atoms with Crippen molar-refractivity contribution in [2.45, 2.75) is 13.3 Å². The fourth-order valence-electron chi connectivity index (χ4n) is 1.73. The van der Waals surface area contributed by atoms with Gasteiger partial charge in [-0.05, 0) is 42.3 Å². The second-order valence-electron chi connectivity index (χ2n) is 4.21. The number of benzene rings is 2. The van der Waals surface area contributed by atoms with E-state index in [2.05, 4.69) is 0 Å². The maximum atomic E-state index is 13.6. The van der Waals surface area contributed by atoms with Crippen LogP contribution >= 0.6 is 11.6 Å². The number of Topliss-reactive ketones (excluding diaryl/α,β-unsaturated/α-hetero) is 1. The van der Waals surface area contributed by atoms with E-state index in [0.717, 1.165) is 11.1 Å². The Hall–Kier alpha value is -1.67. The number of carbonyl (C=O) groups is 1. The third-order valence-electron chi connectivity index (χ3n) is 2.70. The average molecular weight is 263 g/mol. The molecule has 0 heterocycles. The van der Waals surface area contributed by atoms with E-state index in [1.807, 2.05) is 0 Å². The highest BCUT2D eigenvalue weighted by Crippen LogP contribution is 2.15. The summed E-state index contributed by atoms with van der Waals surface area (Å²) in [6.45, 7) is 1.79. The first-order valence-electron chi connectivity index (χ1n) is 5.60. The molecule has 0 unspecified atom stereocenters. The minimum absolute atomic E-state index is 0.135. The molecule has 2 aromatic rings. The maximum Gasteiger partial charge on any atom is 0.170 e. The fraction of sp³-hybridized carbons (Fsp3) is 0.133. The molecule has 0 fully saturated rings. The summed E-state index contributed by atoms with van der Waals surface area (Å²) in [6, 6.07) is 11.6. The van der Waals surface area contributed by atoms with E-state index in [1.165, 1.54) is 12.1 Å². The molecule has 0 spiro atoms. The van der Waals surface area contributed by atoms with Gasteiger partial charge in [-0.3, -0.25) is 4.79 Å². The molecule has 0 aliphatic heterocycles. The van der Waals surface area contributed by atoms with Gasteiger partial charge in [0, 0.05) is 11.4 Å². The predicted molar refractivity (Wildman–Crippen MR) is 70.6 cm³/mol. The van der Waals surface area contributed by atoms with Crippen LogP contribution in [0.5, 0.6) is 0 Å². The van der Waals surface area contributed by atoms with Crippen LogP contribution < -0.4 is 0 Å². The van der Waals surface area contributed by atoms with Crippen LogP contribution in [-0.4, -0.2) is 5.78 Å². The zero-order valence-corrected chi connectivity index (χ0v) is 10.7. The van der Waals surface area contributed by atoms with Gasteiger partial charge in [-0.15, -0.1) is 0 Å². The van der Waals surface area contributed by atoms with Crippen LogP contribution in [0.25, 0.3) is 0 Å². The standard InChI is InChI=1S/C15H12ClFO/c1-10-2-7-13(14(17)8-10)15(18)9-11-3-5-12(16)6-4-11/h2-8H,9H2,1H3. The lowest BCUT2D eigenvalue weighted by Gasteiger charge is -2.04. The first kappa shape index (κ1) is 12.8. The van der Waals surface area contributed by atoms with Crippen molar-refractivity contribution in [2.75, 3.05) is 0 Å². The molecule has 1 nitrogen and oxygen atoms in total. The minimum atomic E-state index is -0.464. The molecule has 0 atom stereocenters. The van der Waals surface area contributed by atoms with E-state index in [-0.39, 0.29) is 17.8 Å². The van der Waals surface area contributed by atoms with E-state index >= 15 is 0 Å². The van der Waals surface area contributed by atoms with Gasteiger partial charge in [-0.2, -0.15) is 0 Å². The Kier molecular flexibility index (Phi) is 3.78. The van der Waals surface area contributed by atoms with Crippen LogP contribution in [0.1, 0.15) is 21.5 Å². The summed E-state index contributed by atoms with van der Waals surface area (Å²) in [7, 11) is 0. The molecular formula is C15H12ClFO. The lowest BCUT2D eigenvalue weighted by Crippen LogP contribution is -2.06. The van der Waals surface area contributed by atoms with Gasteiger partial charge in [0.05, 0.1) is 5.56 Å². The Morgan fingerprint density at radius 3 is 2.44 bits per heavy atom. The van der Waals surface area contributed by atoms with E-state index < -0.39 is 5.82 Å². The summed E-state index contributed by atoms with van der Waals surface area (Å²) < 4.78 is 13.6. The van der Waals surface area contributed by atoms with E-state index in [0.29, 0.717) is 5.02 Å². The Morgan fingerprint density at radius 2 is 1.83 bits per heavy atom. The van der Waals surface area contributed by atoms with Crippen molar-refractivity contribution in [3.63, 3.8) is 0 Å². The van der Waals surface area contributed by atoms with Crippen LogP contribution in [0.4, 0.5) is 4.39 Å². The van der Waals surface area contributed by atoms with E-state index in [9.17, 15) is 9.18 Å². The highest BCUT2D eigenvalue weighted by atomic mass is 35.5. The van der Waals surface area contributed by atoms with Crippen molar-refractivity contribution in [1.82, 2.24) is 0 Å². The van der Waals surface area contributed by atoms with Crippen LogP contribution in [0.3, 0.4) is 0 Å². The Bertz CT molecular complexity index is 576. The van der Waals surface area contributed by atoms with E-state index in [1.54, 1.807) is 37.3 Å². The highest BCUT2D eigenvalue weighted by molar-refractivity contribution is 6.30. The van der Waals surface area contributed by atoms with Gasteiger partial charge in [0.15, 0.2) is 5.78 Å². The topological polar surface area (TPSA) is 17.1 Å². The summed E-state index contributed by atoms with van der Waals surface area (Å²) >= 11 is 5.76. The summed E-state index contributed by atoms with van der Waals surface area (Å²) in [4.78, 5) is 12.0. The molecule has 18 heavy (non-hydrogen) atoms. The van der Waals surface area contributed by atoms with Gasteiger partial charge < -0.3 is 0 Å². The first-order valence-corrected chi connectivity index (χ1v) is 5.98. The number of rotatable bonds is 3. The van der Waals surface area contributed by atoms with Crippen molar-refractivity contribution in [2.24, 2.45) is 0 Å². The predicted octanol–water partition coefficient (Wildman–Crippen LogP) is 4.21. The average Bonchev–Trinajstić information content (AvgIpc) is 2.32. The number of hydrogen-bond donors (Lipinski definition) is 0. The molecule has 0 aromatic heterocycles. The summed E-state index contributed by atoms with van der Waals surface area (Å²) in [5.74, 6) is -0.691. The Labute approximate surface area is 110 Å². The molecule has 0 bridgehead atoms. The fourth-order valence-corrected chi connectivity index (χ4v) is 1.86. The van der Waals surface area contributed by atoms with Crippen LogP contribution in [0, 0.1) is 12.7 Å². The molecule has 2 aromatic carbocycles. The number of halogens is 2. The lowest BCUT2D eigenvalue weighted by molar-refractivity contribution is 0.0989. The van der Waals surface area contributed by atoms with Crippen molar-refractivity contribution < 1.29 is 9.18 Å². The maximum absolute atomic E-state index is 13.6. The summed E-state index contributed by atoms with van der Waals surface area (Å²) in [5, 5.41) is 0.618. The molecule has 2 rings (SSSR count). The van der Waals surface area contributed by atoms with E-state index in [4.69, 9.17) is 11.6 Å². The zero-order valence-electron chi connectivity index (χ0n) is 9.91. The van der Waals surface area contributed by atoms with Crippen LogP contribution in [0.2, 0.25) is 5.02 Å². The van der Waals surface area contributed by atoms with Crippen LogP contribution in [0.15, 0.2) is 42.5 Å².